The Morgan fingerprint density at radius 2 is 1.74 bits per heavy atom. The van der Waals surface area contributed by atoms with Gasteiger partial charge in [-0.05, 0) is 44.4 Å². The number of carboxylic acids is 1. The molecule has 0 saturated heterocycles. The van der Waals surface area contributed by atoms with Crippen LogP contribution in [0.3, 0.4) is 0 Å². The van der Waals surface area contributed by atoms with Gasteiger partial charge in [0.05, 0.1) is 11.8 Å². The molecular formula is C15H25NO3. The highest BCUT2D eigenvalue weighted by molar-refractivity contribution is 5.85. The summed E-state index contributed by atoms with van der Waals surface area (Å²) in [7, 11) is 0. The van der Waals surface area contributed by atoms with E-state index in [9.17, 15) is 14.7 Å². The van der Waals surface area contributed by atoms with Gasteiger partial charge in [-0.25, -0.2) is 0 Å². The number of aliphatic carboxylic acids is 1. The molecule has 0 aromatic rings. The van der Waals surface area contributed by atoms with Crippen LogP contribution in [-0.2, 0) is 9.59 Å². The Morgan fingerprint density at radius 1 is 1.16 bits per heavy atom. The molecule has 0 heterocycles. The summed E-state index contributed by atoms with van der Waals surface area (Å²) in [6.07, 6.45) is 6.22. The maximum Gasteiger partial charge on any atom is 0.307 e. The number of hydrogen-bond donors (Lipinski definition) is 2. The fraction of sp³-hybridized carbons (Fsp3) is 0.867. The van der Waals surface area contributed by atoms with E-state index in [2.05, 4.69) is 12.2 Å². The van der Waals surface area contributed by atoms with Gasteiger partial charge in [0.15, 0.2) is 0 Å². The summed E-state index contributed by atoms with van der Waals surface area (Å²) in [5.41, 5.74) is 0. The van der Waals surface area contributed by atoms with Crippen LogP contribution in [0.25, 0.3) is 0 Å². The quantitative estimate of drug-likeness (QED) is 0.822. The Kier molecular flexibility index (Phi) is 4.48. The largest absolute Gasteiger partial charge is 0.481 e. The van der Waals surface area contributed by atoms with Gasteiger partial charge < -0.3 is 10.4 Å². The number of amides is 1. The molecule has 0 aromatic heterocycles. The Bertz CT molecular complexity index is 349. The van der Waals surface area contributed by atoms with Crippen molar-refractivity contribution in [2.45, 2.75) is 58.4 Å². The van der Waals surface area contributed by atoms with Crippen molar-refractivity contribution in [1.29, 1.82) is 0 Å². The minimum atomic E-state index is -0.821. The average Bonchev–Trinajstić information content (AvgIpc) is 2.96. The van der Waals surface area contributed by atoms with Crippen LogP contribution in [-0.4, -0.2) is 23.0 Å². The van der Waals surface area contributed by atoms with Crippen molar-refractivity contribution in [3.05, 3.63) is 0 Å². The van der Waals surface area contributed by atoms with Crippen LogP contribution < -0.4 is 5.32 Å². The predicted molar refractivity (Wildman–Crippen MR) is 72.6 cm³/mol. The Morgan fingerprint density at radius 3 is 2.32 bits per heavy atom. The second-order valence-electron chi connectivity index (χ2n) is 6.47. The van der Waals surface area contributed by atoms with Crippen LogP contribution >= 0.6 is 0 Å². The lowest BCUT2D eigenvalue weighted by Gasteiger charge is -2.23. The number of carbonyl (C=O) groups excluding carboxylic acids is 1. The van der Waals surface area contributed by atoms with Gasteiger partial charge in [0.2, 0.25) is 5.91 Å². The zero-order valence-corrected chi connectivity index (χ0v) is 11.9. The van der Waals surface area contributed by atoms with E-state index < -0.39 is 11.9 Å². The smallest absolute Gasteiger partial charge is 0.307 e. The summed E-state index contributed by atoms with van der Waals surface area (Å²) in [5.74, 6) is -0.791. The summed E-state index contributed by atoms with van der Waals surface area (Å²) in [6.45, 7) is 4.09. The standard InChI is InChI=1S/C15H25NO3/c1-9-7-12(13(8-9)15(18)19)14(17)16-10(2)11-5-3-4-6-11/h9-13H,3-8H2,1-2H3,(H,16,17)(H,18,19)/t9?,10-,12-,13+/m0/s1. The first-order valence-electron chi connectivity index (χ1n) is 7.52. The highest BCUT2D eigenvalue weighted by atomic mass is 16.4. The maximum absolute atomic E-state index is 12.3. The van der Waals surface area contributed by atoms with Gasteiger partial charge in [0.1, 0.15) is 0 Å². The summed E-state index contributed by atoms with van der Waals surface area (Å²) in [6, 6.07) is 0.181. The van der Waals surface area contributed by atoms with E-state index in [1.807, 2.05) is 6.92 Å². The fourth-order valence-corrected chi connectivity index (χ4v) is 3.76. The normalized spacial score (nSPS) is 33.3. The van der Waals surface area contributed by atoms with E-state index in [1.165, 1.54) is 25.7 Å². The highest BCUT2D eigenvalue weighted by Gasteiger charge is 2.41. The number of rotatable bonds is 4. The lowest BCUT2D eigenvalue weighted by Crippen LogP contribution is -2.42. The predicted octanol–water partition coefficient (Wildman–Crippen LogP) is 2.43. The first kappa shape index (κ1) is 14.4. The molecule has 2 aliphatic carbocycles. The van der Waals surface area contributed by atoms with Crippen molar-refractivity contribution < 1.29 is 14.7 Å². The van der Waals surface area contributed by atoms with Crippen molar-refractivity contribution >= 4 is 11.9 Å². The topological polar surface area (TPSA) is 66.4 Å². The van der Waals surface area contributed by atoms with Crippen LogP contribution in [0.4, 0.5) is 0 Å². The first-order valence-corrected chi connectivity index (χ1v) is 7.52. The SMILES string of the molecule is CC1C[C@H](C(=O)N[C@@H](C)C2CCCC2)[C@H](C(=O)O)C1. The molecule has 2 rings (SSSR count). The molecule has 1 unspecified atom stereocenters. The van der Waals surface area contributed by atoms with E-state index in [0.717, 1.165) is 0 Å². The summed E-state index contributed by atoms with van der Waals surface area (Å²) in [5, 5.41) is 12.3. The van der Waals surface area contributed by atoms with Gasteiger partial charge in [0, 0.05) is 6.04 Å². The van der Waals surface area contributed by atoms with Gasteiger partial charge in [-0.2, -0.15) is 0 Å². The highest BCUT2D eigenvalue weighted by Crippen LogP contribution is 2.37. The number of carbonyl (C=O) groups is 2. The second-order valence-corrected chi connectivity index (χ2v) is 6.47. The molecule has 2 fully saturated rings. The van der Waals surface area contributed by atoms with Crippen LogP contribution in [0.15, 0.2) is 0 Å². The molecule has 0 radical (unpaired) electrons. The van der Waals surface area contributed by atoms with Gasteiger partial charge in [0.25, 0.3) is 0 Å². The van der Waals surface area contributed by atoms with E-state index in [-0.39, 0.29) is 17.9 Å². The molecule has 4 nitrogen and oxygen atoms in total. The van der Waals surface area contributed by atoms with Crippen molar-refractivity contribution in [2.24, 2.45) is 23.7 Å². The zero-order valence-electron chi connectivity index (χ0n) is 11.9. The molecule has 2 saturated carbocycles. The molecular weight excluding hydrogens is 242 g/mol. The van der Waals surface area contributed by atoms with Gasteiger partial charge in [-0.15, -0.1) is 0 Å². The second kappa shape index (κ2) is 5.93. The number of carboxylic acid groups (broad SMARTS) is 1. The lowest BCUT2D eigenvalue weighted by atomic mass is 9.93. The van der Waals surface area contributed by atoms with Crippen molar-refractivity contribution in [1.82, 2.24) is 5.32 Å². The van der Waals surface area contributed by atoms with E-state index in [0.29, 0.717) is 24.7 Å². The van der Waals surface area contributed by atoms with Crippen LogP contribution in [0.1, 0.15) is 52.4 Å². The molecule has 4 atom stereocenters. The molecule has 1 amide bonds. The maximum atomic E-state index is 12.3. The van der Waals surface area contributed by atoms with E-state index in [1.54, 1.807) is 0 Å². The summed E-state index contributed by atoms with van der Waals surface area (Å²) >= 11 is 0. The molecule has 108 valence electrons. The fourth-order valence-electron chi connectivity index (χ4n) is 3.76. The Labute approximate surface area is 115 Å². The third-order valence-electron chi connectivity index (χ3n) is 4.93. The molecule has 2 N–H and O–H groups in total. The molecule has 19 heavy (non-hydrogen) atoms. The molecule has 0 aromatic carbocycles. The number of hydrogen-bond acceptors (Lipinski definition) is 2. The van der Waals surface area contributed by atoms with Gasteiger partial charge >= 0.3 is 5.97 Å². The summed E-state index contributed by atoms with van der Waals surface area (Å²) in [4.78, 5) is 23.5. The van der Waals surface area contributed by atoms with E-state index in [4.69, 9.17) is 0 Å². The minimum absolute atomic E-state index is 0.0452. The van der Waals surface area contributed by atoms with Crippen LogP contribution in [0.2, 0.25) is 0 Å². The molecule has 0 spiro atoms. The van der Waals surface area contributed by atoms with Crippen LogP contribution in [0, 0.1) is 23.7 Å². The van der Waals surface area contributed by atoms with Crippen molar-refractivity contribution in [3.8, 4) is 0 Å². The van der Waals surface area contributed by atoms with Gasteiger partial charge in [-0.3, -0.25) is 9.59 Å². The third-order valence-corrected chi connectivity index (χ3v) is 4.93. The molecule has 0 bridgehead atoms. The van der Waals surface area contributed by atoms with Crippen molar-refractivity contribution in [3.63, 3.8) is 0 Å². The molecule has 2 aliphatic rings. The molecule has 0 aliphatic heterocycles. The molecule has 4 heteroatoms. The average molecular weight is 267 g/mol. The van der Waals surface area contributed by atoms with Crippen molar-refractivity contribution in [2.75, 3.05) is 0 Å². The minimum Gasteiger partial charge on any atom is -0.481 e. The Balaban J connectivity index is 1.92. The monoisotopic (exact) mass is 267 g/mol. The first-order chi connectivity index (χ1) is 8.99. The summed E-state index contributed by atoms with van der Waals surface area (Å²) < 4.78 is 0. The Hall–Kier alpha value is -1.06. The third kappa shape index (κ3) is 3.28. The van der Waals surface area contributed by atoms with E-state index >= 15 is 0 Å². The lowest BCUT2D eigenvalue weighted by molar-refractivity contribution is -0.146. The number of nitrogens with one attached hydrogen (secondary N) is 1. The van der Waals surface area contributed by atoms with Crippen LogP contribution in [0.5, 0.6) is 0 Å². The van der Waals surface area contributed by atoms with Gasteiger partial charge in [-0.1, -0.05) is 19.8 Å². The zero-order chi connectivity index (χ0) is 14.0.